The number of likely N-dealkylation sites (tertiary alicyclic amines) is 1. The lowest BCUT2D eigenvalue weighted by molar-refractivity contribution is -0.00421. The molecule has 2 aliphatic heterocycles. The van der Waals surface area contributed by atoms with Crippen LogP contribution in [0.2, 0.25) is 0 Å². The lowest BCUT2D eigenvalue weighted by Crippen LogP contribution is -2.63. The summed E-state index contributed by atoms with van der Waals surface area (Å²) >= 11 is 1.72. The van der Waals surface area contributed by atoms with Gasteiger partial charge in [-0.05, 0) is 20.8 Å². The standard InChI is InChI=1S/C14H25N5S/c1-11(2)18-4-6-19(7-5-18)13-8-17(9-13)10-14-16-15-12(3)20-14/h11,13H,4-10H2,1-3H3. The largest absolute Gasteiger partial charge is 0.298 e. The molecule has 0 amide bonds. The van der Waals surface area contributed by atoms with E-state index in [9.17, 15) is 0 Å². The number of aryl methyl sites for hydroxylation is 1. The maximum atomic E-state index is 4.21. The van der Waals surface area contributed by atoms with Crippen molar-refractivity contribution in [2.45, 2.75) is 39.4 Å². The van der Waals surface area contributed by atoms with E-state index in [1.54, 1.807) is 11.3 Å². The molecule has 0 atom stereocenters. The van der Waals surface area contributed by atoms with E-state index in [2.05, 4.69) is 38.7 Å². The molecule has 3 heterocycles. The zero-order chi connectivity index (χ0) is 14.1. The molecule has 0 aromatic carbocycles. The van der Waals surface area contributed by atoms with Crippen LogP contribution in [0, 0.1) is 6.92 Å². The number of nitrogens with zero attached hydrogens (tertiary/aromatic N) is 5. The van der Waals surface area contributed by atoms with Gasteiger partial charge < -0.3 is 0 Å². The van der Waals surface area contributed by atoms with E-state index in [-0.39, 0.29) is 0 Å². The minimum absolute atomic E-state index is 0.690. The molecule has 0 aliphatic carbocycles. The van der Waals surface area contributed by atoms with E-state index < -0.39 is 0 Å². The Labute approximate surface area is 125 Å². The normalized spacial score (nSPS) is 23.4. The second-order valence-corrected chi connectivity index (χ2v) is 7.49. The van der Waals surface area contributed by atoms with Crippen LogP contribution in [0.25, 0.3) is 0 Å². The molecule has 20 heavy (non-hydrogen) atoms. The fraction of sp³-hybridized carbons (Fsp3) is 0.857. The molecule has 0 bridgehead atoms. The summed E-state index contributed by atoms with van der Waals surface area (Å²) in [5.74, 6) is 0. The van der Waals surface area contributed by atoms with E-state index in [4.69, 9.17) is 0 Å². The molecule has 0 N–H and O–H groups in total. The van der Waals surface area contributed by atoms with Gasteiger partial charge in [0, 0.05) is 51.4 Å². The molecule has 0 spiro atoms. The molecule has 2 aliphatic rings. The zero-order valence-corrected chi connectivity index (χ0v) is 13.6. The van der Waals surface area contributed by atoms with Gasteiger partial charge in [-0.1, -0.05) is 0 Å². The van der Waals surface area contributed by atoms with Gasteiger partial charge >= 0.3 is 0 Å². The first-order chi connectivity index (χ1) is 9.61. The lowest BCUT2D eigenvalue weighted by Gasteiger charge is -2.48. The Bertz CT molecular complexity index is 433. The van der Waals surface area contributed by atoms with Crippen molar-refractivity contribution in [3.8, 4) is 0 Å². The minimum atomic E-state index is 0.690. The van der Waals surface area contributed by atoms with Crippen molar-refractivity contribution >= 4 is 11.3 Å². The van der Waals surface area contributed by atoms with Crippen LogP contribution in [0.15, 0.2) is 0 Å². The van der Waals surface area contributed by atoms with Crippen LogP contribution in [0.5, 0.6) is 0 Å². The highest BCUT2D eigenvalue weighted by Gasteiger charge is 2.33. The van der Waals surface area contributed by atoms with Gasteiger partial charge in [0.15, 0.2) is 0 Å². The van der Waals surface area contributed by atoms with Crippen LogP contribution in [-0.2, 0) is 6.54 Å². The summed E-state index contributed by atoms with van der Waals surface area (Å²) in [6.45, 7) is 14.9. The van der Waals surface area contributed by atoms with Gasteiger partial charge in [0.05, 0.1) is 6.54 Å². The number of aromatic nitrogens is 2. The monoisotopic (exact) mass is 295 g/mol. The van der Waals surface area contributed by atoms with Gasteiger partial charge in [-0.25, -0.2) is 0 Å². The second-order valence-electron chi connectivity index (χ2n) is 6.23. The number of hydrogen-bond donors (Lipinski definition) is 0. The molecular weight excluding hydrogens is 270 g/mol. The molecule has 5 nitrogen and oxygen atoms in total. The third-order valence-electron chi connectivity index (χ3n) is 4.46. The highest BCUT2D eigenvalue weighted by Crippen LogP contribution is 2.21. The molecule has 0 unspecified atom stereocenters. The Hall–Kier alpha value is -0.560. The van der Waals surface area contributed by atoms with E-state index in [0.29, 0.717) is 6.04 Å². The predicted molar refractivity (Wildman–Crippen MR) is 82.0 cm³/mol. The summed E-state index contributed by atoms with van der Waals surface area (Å²) in [4.78, 5) is 7.73. The van der Waals surface area contributed by atoms with Gasteiger partial charge in [0.1, 0.15) is 10.0 Å². The summed E-state index contributed by atoms with van der Waals surface area (Å²) in [6.07, 6.45) is 0. The van der Waals surface area contributed by atoms with Crippen LogP contribution < -0.4 is 0 Å². The lowest BCUT2D eigenvalue weighted by atomic mass is 10.1. The van der Waals surface area contributed by atoms with Gasteiger partial charge in [0.25, 0.3) is 0 Å². The zero-order valence-electron chi connectivity index (χ0n) is 12.7. The summed E-state index contributed by atoms with van der Waals surface area (Å²) in [5, 5.41) is 10.5. The molecule has 1 aromatic heterocycles. The Morgan fingerprint density at radius 2 is 1.85 bits per heavy atom. The van der Waals surface area contributed by atoms with Crippen molar-refractivity contribution < 1.29 is 0 Å². The summed E-state index contributed by atoms with van der Waals surface area (Å²) < 4.78 is 0. The van der Waals surface area contributed by atoms with Crippen molar-refractivity contribution in [1.82, 2.24) is 24.9 Å². The molecule has 0 radical (unpaired) electrons. The van der Waals surface area contributed by atoms with E-state index in [1.807, 2.05) is 6.92 Å². The maximum absolute atomic E-state index is 4.21. The molecule has 3 rings (SSSR count). The summed E-state index contributed by atoms with van der Waals surface area (Å²) in [5.41, 5.74) is 0. The Kier molecular flexibility index (Phi) is 4.35. The third-order valence-corrected chi connectivity index (χ3v) is 5.28. The van der Waals surface area contributed by atoms with Gasteiger partial charge in [-0.15, -0.1) is 21.5 Å². The SMILES string of the molecule is Cc1nnc(CN2CC(N3CCN(C(C)C)CC3)C2)s1. The van der Waals surface area contributed by atoms with Crippen LogP contribution in [0.4, 0.5) is 0 Å². The number of hydrogen-bond acceptors (Lipinski definition) is 6. The van der Waals surface area contributed by atoms with Crippen molar-refractivity contribution in [2.24, 2.45) is 0 Å². The van der Waals surface area contributed by atoms with Crippen LogP contribution >= 0.6 is 11.3 Å². The third kappa shape index (κ3) is 3.19. The van der Waals surface area contributed by atoms with Crippen molar-refractivity contribution in [3.05, 3.63) is 10.0 Å². The van der Waals surface area contributed by atoms with Crippen LogP contribution in [0.1, 0.15) is 23.9 Å². The fourth-order valence-corrected chi connectivity index (χ4v) is 3.87. The first-order valence-corrected chi connectivity index (χ1v) is 8.43. The minimum Gasteiger partial charge on any atom is -0.298 e. The number of rotatable bonds is 4. The molecule has 6 heteroatoms. The highest BCUT2D eigenvalue weighted by atomic mass is 32.1. The molecular formula is C14H25N5S. The molecule has 112 valence electrons. The second kappa shape index (κ2) is 6.05. The topological polar surface area (TPSA) is 35.5 Å². The van der Waals surface area contributed by atoms with Gasteiger partial charge in [-0.3, -0.25) is 14.7 Å². The quantitative estimate of drug-likeness (QED) is 0.830. The molecule has 2 saturated heterocycles. The Morgan fingerprint density at radius 1 is 1.15 bits per heavy atom. The maximum Gasteiger partial charge on any atom is 0.131 e. The van der Waals surface area contributed by atoms with Crippen molar-refractivity contribution in [3.63, 3.8) is 0 Å². The average Bonchev–Trinajstić information content (AvgIpc) is 2.79. The Morgan fingerprint density at radius 3 is 2.40 bits per heavy atom. The molecule has 2 fully saturated rings. The van der Waals surface area contributed by atoms with E-state index in [1.165, 1.54) is 39.3 Å². The number of piperazine rings is 1. The first kappa shape index (κ1) is 14.4. The molecule has 1 aromatic rings. The average molecular weight is 295 g/mol. The van der Waals surface area contributed by atoms with Crippen LogP contribution in [0.3, 0.4) is 0 Å². The predicted octanol–water partition coefficient (Wildman–Crippen LogP) is 1.06. The van der Waals surface area contributed by atoms with Crippen molar-refractivity contribution in [1.29, 1.82) is 0 Å². The van der Waals surface area contributed by atoms with Crippen molar-refractivity contribution in [2.75, 3.05) is 39.3 Å². The van der Waals surface area contributed by atoms with Gasteiger partial charge in [-0.2, -0.15) is 0 Å². The fourth-order valence-electron chi connectivity index (χ4n) is 3.11. The van der Waals surface area contributed by atoms with E-state index in [0.717, 1.165) is 22.6 Å². The smallest absolute Gasteiger partial charge is 0.131 e. The first-order valence-electron chi connectivity index (χ1n) is 7.61. The molecule has 0 saturated carbocycles. The Balaban J connectivity index is 1.40. The highest BCUT2D eigenvalue weighted by molar-refractivity contribution is 7.11. The summed E-state index contributed by atoms with van der Waals surface area (Å²) in [6, 6.07) is 1.45. The summed E-state index contributed by atoms with van der Waals surface area (Å²) in [7, 11) is 0. The van der Waals surface area contributed by atoms with Gasteiger partial charge in [0.2, 0.25) is 0 Å². The van der Waals surface area contributed by atoms with Crippen LogP contribution in [-0.4, -0.2) is 76.2 Å². The van der Waals surface area contributed by atoms with E-state index >= 15 is 0 Å².